The minimum absolute atomic E-state index is 0.117. The van der Waals surface area contributed by atoms with Gasteiger partial charge in [-0.25, -0.2) is 5.43 Å². The van der Waals surface area contributed by atoms with Gasteiger partial charge in [0.15, 0.2) is 0 Å². The number of H-pyrrole nitrogens is 2. The zero-order chi connectivity index (χ0) is 20.2. The van der Waals surface area contributed by atoms with Gasteiger partial charge in [-0.3, -0.25) is 9.89 Å². The van der Waals surface area contributed by atoms with Crippen molar-refractivity contribution in [2.75, 3.05) is 0 Å². The first kappa shape index (κ1) is 18.5. The fourth-order valence-corrected chi connectivity index (χ4v) is 2.98. The summed E-state index contributed by atoms with van der Waals surface area (Å²) in [4.78, 5) is 15.5. The maximum Gasteiger partial charge on any atom is 0.289 e. The molecule has 7 nitrogen and oxygen atoms in total. The molecule has 0 radical (unpaired) electrons. The molecule has 1 amide bonds. The zero-order valence-electron chi connectivity index (χ0n) is 16.1. The van der Waals surface area contributed by atoms with E-state index in [1.807, 2.05) is 68.6 Å². The highest BCUT2D eigenvalue weighted by Crippen LogP contribution is 2.22. The van der Waals surface area contributed by atoms with E-state index in [0.29, 0.717) is 11.4 Å². The van der Waals surface area contributed by atoms with E-state index in [9.17, 15) is 4.79 Å². The van der Waals surface area contributed by atoms with Crippen molar-refractivity contribution in [1.29, 1.82) is 0 Å². The van der Waals surface area contributed by atoms with Crippen molar-refractivity contribution in [1.82, 2.24) is 20.6 Å². The third kappa shape index (κ3) is 4.19. The van der Waals surface area contributed by atoms with Gasteiger partial charge in [-0.15, -0.1) is 0 Å². The molecule has 2 heterocycles. The van der Waals surface area contributed by atoms with Gasteiger partial charge in [0.2, 0.25) is 0 Å². The van der Waals surface area contributed by atoms with Crippen LogP contribution in [0.4, 0.5) is 0 Å². The smallest absolute Gasteiger partial charge is 0.289 e. The van der Waals surface area contributed by atoms with E-state index < -0.39 is 0 Å². The van der Waals surface area contributed by atoms with Crippen LogP contribution < -0.4 is 10.2 Å². The number of ether oxygens (including phenoxy) is 1. The minimum Gasteiger partial charge on any atom is -0.491 e. The summed E-state index contributed by atoms with van der Waals surface area (Å²) in [5.41, 5.74) is 6.33. The molecular formula is C22H21N5O2. The quantitative estimate of drug-likeness (QED) is 0.343. The Balaban J connectivity index is 1.42. The van der Waals surface area contributed by atoms with E-state index in [-0.39, 0.29) is 12.0 Å². The van der Waals surface area contributed by atoms with Crippen LogP contribution in [0.1, 0.15) is 29.9 Å². The normalized spacial score (nSPS) is 11.4. The number of amides is 1. The van der Waals surface area contributed by atoms with Gasteiger partial charge >= 0.3 is 0 Å². The lowest BCUT2D eigenvalue weighted by molar-refractivity contribution is 0.0950. The molecule has 0 fully saturated rings. The fraction of sp³-hybridized carbons (Fsp3) is 0.136. The van der Waals surface area contributed by atoms with Crippen molar-refractivity contribution in [3.8, 4) is 17.0 Å². The van der Waals surface area contributed by atoms with Crippen LogP contribution in [0.25, 0.3) is 22.2 Å². The average Bonchev–Trinajstić information content (AvgIpc) is 3.36. The van der Waals surface area contributed by atoms with E-state index in [4.69, 9.17) is 4.74 Å². The number of hydrogen-bond donors (Lipinski definition) is 3. The molecule has 0 aliphatic carbocycles. The molecule has 2 aromatic carbocycles. The van der Waals surface area contributed by atoms with Crippen molar-refractivity contribution in [3.63, 3.8) is 0 Å². The summed E-state index contributed by atoms with van der Waals surface area (Å²) in [7, 11) is 0. The first-order valence-electron chi connectivity index (χ1n) is 9.32. The molecule has 2 aromatic heterocycles. The van der Waals surface area contributed by atoms with Crippen LogP contribution in [0.2, 0.25) is 0 Å². The van der Waals surface area contributed by atoms with Gasteiger partial charge in [0.1, 0.15) is 11.4 Å². The molecule has 0 saturated carbocycles. The Morgan fingerprint density at radius 3 is 2.76 bits per heavy atom. The number of nitrogens with one attached hydrogen (secondary N) is 3. The Morgan fingerprint density at radius 2 is 1.97 bits per heavy atom. The Hall–Kier alpha value is -3.87. The third-order valence-electron chi connectivity index (χ3n) is 4.34. The number of carbonyl (C=O) groups is 1. The number of aromatic nitrogens is 3. The standard InChI is InChI=1S/C22H21N5O2/c1-14(2)29-17-9-7-15(8-10-17)20-11-21(26-25-20)22(28)27-24-13-16-12-23-19-6-4-3-5-18(16)19/h3-14,23H,1-2H3,(H,25,26)(H,27,28)/b24-13-. The highest BCUT2D eigenvalue weighted by Gasteiger charge is 2.11. The summed E-state index contributed by atoms with van der Waals surface area (Å²) >= 11 is 0. The molecule has 4 rings (SSSR count). The second-order valence-electron chi connectivity index (χ2n) is 6.85. The molecule has 0 bridgehead atoms. The summed E-state index contributed by atoms with van der Waals surface area (Å²) in [6.45, 7) is 3.96. The lowest BCUT2D eigenvalue weighted by Gasteiger charge is -2.09. The largest absolute Gasteiger partial charge is 0.491 e. The Kier molecular flexibility index (Phi) is 5.11. The van der Waals surface area contributed by atoms with Gasteiger partial charge in [0, 0.05) is 28.2 Å². The van der Waals surface area contributed by atoms with Crippen LogP contribution in [0, 0.1) is 0 Å². The second-order valence-corrected chi connectivity index (χ2v) is 6.85. The maximum atomic E-state index is 12.3. The topological polar surface area (TPSA) is 95.2 Å². The van der Waals surface area contributed by atoms with E-state index >= 15 is 0 Å². The Labute approximate surface area is 167 Å². The van der Waals surface area contributed by atoms with E-state index in [2.05, 4.69) is 25.7 Å². The number of para-hydroxylation sites is 1. The van der Waals surface area contributed by atoms with Crippen LogP contribution in [0.5, 0.6) is 5.75 Å². The molecule has 0 saturated heterocycles. The zero-order valence-corrected chi connectivity index (χ0v) is 16.1. The number of rotatable bonds is 6. The monoisotopic (exact) mass is 387 g/mol. The maximum absolute atomic E-state index is 12.3. The van der Waals surface area contributed by atoms with Crippen LogP contribution in [0.3, 0.4) is 0 Å². The second kappa shape index (κ2) is 8.02. The van der Waals surface area contributed by atoms with Gasteiger partial charge in [-0.2, -0.15) is 10.2 Å². The van der Waals surface area contributed by atoms with E-state index in [0.717, 1.165) is 27.8 Å². The number of carbonyl (C=O) groups excluding carboxylic acids is 1. The predicted molar refractivity (Wildman–Crippen MR) is 113 cm³/mol. The third-order valence-corrected chi connectivity index (χ3v) is 4.34. The molecular weight excluding hydrogens is 366 g/mol. The number of hydrogen-bond acceptors (Lipinski definition) is 4. The molecule has 4 aromatic rings. The van der Waals surface area contributed by atoms with Gasteiger partial charge in [0.05, 0.1) is 18.0 Å². The van der Waals surface area contributed by atoms with Gasteiger partial charge in [-0.1, -0.05) is 18.2 Å². The first-order chi connectivity index (χ1) is 14.1. The van der Waals surface area contributed by atoms with Gasteiger partial charge < -0.3 is 9.72 Å². The van der Waals surface area contributed by atoms with Crippen LogP contribution >= 0.6 is 0 Å². The number of fused-ring (bicyclic) bond motifs is 1. The summed E-state index contributed by atoms with van der Waals surface area (Å²) in [5, 5.41) is 12.1. The van der Waals surface area contributed by atoms with Crippen molar-refractivity contribution in [2.24, 2.45) is 5.10 Å². The van der Waals surface area contributed by atoms with E-state index in [1.165, 1.54) is 0 Å². The Morgan fingerprint density at radius 1 is 1.17 bits per heavy atom. The molecule has 0 unspecified atom stereocenters. The Bertz CT molecular complexity index is 1160. The summed E-state index contributed by atoms with van der Waals surface area (Å²) < 4.78 is 5.64. The molecule has 29 heavy (non-hydrogen) atoms. The SMILES string of the molecule is CC(C)Oc1ccc(-c2cc(C(=O)N/N=C\c3c[nH]c4ccccc34)[nH]n2)cc1. The summed E-state index contributed by atoms with van der Waals surface area (Å²) in [5.74, 6) is 0.434. The highest BCUT2D eigenvalue weighted by molar-refractivity contribution is 6.00. The number of hydrazone groups is 1. The average molecular weight is 387 g/mol. The number of nitrogens with zero attached hydrogens (tertiary/aromatic N) is 2. The first-order valence-corrected chi connectivity index (χ1v) is 9.32. The lowest BCUT2D eigenvalue weighted by Crippen LogP contribution is -2.17. The fourth-order valence-electron chi connectivity index (χ4n) is 2.98. The molecule has 3 N–H and O–H groups in total. The van der Waals surface area contributed by atoms with Crippen LogP contribution in [-0.4, -0.2) is 33.4 Å². The molecule has 0 aliphatic rings. The number of aromatic amines is 2. The highest BCUT2D eigenvalue weighted by atomic mass is 16.5. The minimum atomic E-state index is -0.361. The van der Waals surface area contributed by atoms with Gasteiger partial charge in [-0.05, 0) is 50.2 Å². The summed E-state index contributed by atoms with van der Waals surface area (Å²) in [6.07, 6.45) is 3.58. The molecule has 0 atom stereocenters. The number of benzene rings is 2. The molecule has 7 heteroatoms. The van der Waals surface area contributed by atoms with Crippen molar-refractivity contribution >= 4 is 23.0 Å². The van der Waals surface area contributed by atoms with Crippen molar-refractivity contribution in [2.45, 2.75) is 20.0 Å². The van der Waals surface area contributed by atoms with Gasteiger partial charge in [0.25, 0.3) is 5.91 Å². The summed E-state index contributed by atoms with van der Waals surface area (Å²) in [6, 6.07) is 17.2. The predicted octanol–water partition coefficient (Wildman–Crippen LogP) is 4.11. The van der Waals surface area contributed by atoms with E-state index in [1.54, 1.807) is 12.3 Å². The van der Waals surface area contributed by atoms with Crippen LogP contribution in [-0.2, 0) is 0 Å². The van der Waals surface area contributed by atoms with Crippen molar-refractivity contribution < 1.29 is 9.53 Å². The molecule has 0 aliphatic heterocycles. The van der Waals surface area contributed by atoms with Crippen molar-refractivity contribution in [3.05, 3.63) is 72.1 Å². The van der Waals surface area contributed by atoms with Crippen LogP contribution in [0.15, 0.2) is 65.9 Å². The molecule has 146 valence electrons. The lowest BCUT2D eigenvalue weighted by atomic mass is 10.1. The molecule has 0 spiro atoms.